The summed E-state index contributed by atoms with van der Waals surface area (Å²) >= 11 is 0. The maximum absolute atomic E-state index is 6.88. The summed E-state index contributed by atoms with van der Waals surface area (Å²) in [6, 6.07) is 52.6. The number of nitrogens with two attached hydrogens (primary N) is 1. The lowest BCUT2D eigenvalue weighted by Gasteiger charge is -2.17. The summed E-state index contributed by atoms with van der Waals surface area (Å²) in [5.41, 5.74) is 21.4. The monoisotopic (exact) mass is 747 g/mol. The zero-order valence-corrected chi connectivity index (χ0v) is 32.3. The van der Waals surface area contributed by atoms with Gasteiger partial charge in [-0.3, -0.25) is 0 Å². The van der Waals surface area contributed by atoms with E-state index in [0.29, 0.717) is 0 Å². The Hall–Kier alpha value is -7.14. The molecule has 0 bridgehead atoms. The Morgan fingerprint density at radius 1 is 0.552 bits per heavy atom. The summed E-state index contributed by atoms with van der Waals surface area (Å²) in [7, 11) is 0. The van der Waals surface area contributed by atoms with Crippen molar-refractivity contribution in [3.05, 3.63) is 199 Å². The molecule has 0 amide bonds. The molecule has 7 aromatic carbocycles. The number of allylic oxidation sites excluding steroid dienone is 7. The van der Waals surface area contributed by atoms with Gasteiger partial charge < -0.3 is 19.3 Å². The summed E-state index contributed by atoms with van der Waals surface area (Å²) in [4.78, 5) is 0. The molecule has 0 radical (unpaired) electrons. The van der Waals surface area contributed by atoms with Crippen molar-refractivity contribution >= 4 is 71.1 Å². The summed E-state index contributed by atoms with van der Waals surface area (Å²) in [6.07, 6.45) is 17.2. The minimum absolute atomic E-state index is 0.250. The van der Waals surface area contributed by atoms with Gasteiger partial charge in [-0.05, 0) is 120 Å². The molecule has 1 aliphatic carbocycles. The lowest BCUT2D eigenvalue weighted by molar-refractivity contribution is 0.669. The number of furan rings is 1. The van der Waals surface area contributed by atoms with Crippen molar-refractivity contribution in [1.82, 2.24) is 9.13 Å². The molecule has 0 aliphatic heterocycles. The SMILES string of the molecule is C/C=C\C=C/C(N)c1cc(C2=CCCC=C2)cc(-n2c3ccccc3c3c4c5ccccc5n(-c5ccc(-c6ccc7c(c6)oc6ccccc67)cc5)c4ccc32)c1. The highest BCUT2D eigenvalue weighted by molar-refractivity contribution is 6.29. The third-order valence-electron chi connectivity index (χ3n) is 11.8. The van der Waals surface area contributed by atoms with Crippen LogP contribution in [-0.2, 0) is 0 Å². The van der Waals surface area contributed by atoms with Crippen LogP contribution in [0.4, 0.5) is 0 Å². The van der Waals surface area contributed by atoms with E-state index in [1.54, 1.807) is 0 Å². The van der Waals surface area contributed by atoms with Crippen LogP contribution in [0.1, 0.15) is 36.9 Å². The van der Waals surface area contributed by atoms with E-state index in [4.69, 9.17) is 10.2 Å². The first-order chi connectivity index (χ1) is 28.6. The Morgan fingerprint density at radius 2 is 1.21 bits per heavy atom. The quantitative estimate of drug-likeness (QED) is 0.165. The van der Waals surface area contributed by atoms with Gasteiger partial charge in [0.2, 0.25) is 0 Å². The van der Waals surface area contributed by atoms with Gasteiger partial charge in [-0.15, -0.1) is 0 Å². The van der Waals surface area contributed by atoms with Crippen molar-refractivity contribution < 1.29 is 4.42 Å². The van der Waals surface area contributed by atoms with Gasteiger partial charge in [0, 0.05) is 49.7 Å². The maximum Gasteiger partial charge on any atom is 0.136 e. The van der Waals surface area contributed by atoms with E-state index in [2.05, 4.69) is 167 Å². The van der Waals surface area contributed by atoms with E-state index < -0.39 is 0 Å². The Labute approximate surface area is 336 Å². The number of para-hydroxylation sites is 3. The smallest absolute Gasteiger partial charge is 0.136 e. The third-order valence-corrected chi connectivity index (χ3v) is 11.8. The fourth-order valence-electron chi connectivity index (χ4n) is 9.14. The van der Waals surface area contributed by atoms with Crippen LogP contribution in [0.25, 0.3) is 93.6 Å². The Morgan fingerprint density at radius 3 is 1.91 bits per heavy atom. The second-order valence-electron chi connectivity index (χ2n) is 15.3. The van der Waals surface area contributed by atoms with Crippen molar-refractivity contribution in [3.8, 4) is 22.5 Å². The van der Waals surface area contributed by atoms with Crippen molar-refractivity contribution in [3.63, 3.8) is 0 Å². The molecule has 0 saturated carbocycles. The molecule has 11 rings (SSSR count). The van der Waals surface area contributed by atoms with Gasteiger partial charge in [0.05, 0.1) is 22.1 Å². The zero-order valence-electron chi connectivity index (χ0n) is 32.3. The zero-order chi connectivity index (χ0) is 38.7. The van der Waals surface area contributed by atoms with Crippen LogP contribution in [0.3, 0.4) is 0 Å². The summed E-state index contributed by atoms with van der Waals surface area (Å²) in [5.74, 6) is 0. The normalized spacial score (nSPS) is 14.1. The molecule has 0 saturated heterocycles. The fraction of sp³-hybridized carbons (Fsp3) is 0.0741. The second kappa shape index (κ2) is 13.8. The van der Waals surface area contributed by atoms with E-state index in [9.17, 15) is 0 Å². The Bertz CT molecular complexity index is 3360. The number of benzene rings is 7. The highest BCUT2D eigenvalue weighted by Crippen LogP contribution is 2.43. The number of nitrogens with zero attached hydrogens (tertiary/aromatic N) is 2. The first-order valence-electron chi connectivity index (χ1n) is 20.2. The van der Waals surface area contributed by atoms with Crippen molar-refractivity contribution in [2.45, 2.75) is 25.8 Å². The predicted octanol–water partition coefficient (Wildman–Crippen LogP) is 14.3. The van der Waals surface area contributed by atoms with Gasteiger partial charge in [0.15, 0.2) is 0 Å². The van der Waals surface area contributed by atoms with Gasteiger partial charge in [0.1, 0.15) is 11.2 Å². The van der Waals surface area contributed by atoms with Crippen LogP contribution < -0.4 is 5.73 Å². The Kier molecular flexibility index (Phi) is 8.12. The molecule has 58 heavy (non-hydrogen) atoms. The minimum atomic E-state index is -0.250. The van der Waals surface area contributed by atoms with Crippen LogP contribution in [0.15, 0.2) is 193 Å². The highest BCUT2D eigenvalue weighted by Gasteiger charge is 2.21. The average Bonchev–Trinajstić information content (AvgIpc) is 3.94. The number of hydrogen-bond acceptors (Lipinski definition) is 2. The van der Waals surface area contributed by atoms with Gasteiger partial charge in [-0.1, -0.05) is 115 Å². The second-order valence-corrected chi connectivity index (χ2v) is 15.3. The molecule has 278 valence electrons. The maximum atomic E-state index is 6.88. The molecule has 1 atom stereocenters. The van der Waals surface area contributed by atoms with E-state index in [1.165, 1.54) is 54.7 Å². The fourth-order valence-corrected chi connectivity index (χ4v) is 9.14. The van der Waals surface area contributed by atoms with E-state index >= 15 is 0 Å². The van der Waals surface area contributed by atoms with Gasteiger partial charge in [-0.2, -0.15) is 0 Å². The van der Waals surface area contributed by atoms with Crippen LogP contribution in [-0.4, -0.2) is 9.13 Å². The molecule has 1 aliphatic rings. The van der Waals surface area contributed by atoms with Gasteiger partial charge in [-0.25, -0.2) is 0 Å². The van der Waals surface area contributed by atoms with Crippen molar-refractivity contribution in [2.24, 2.45) is 5.73 Å². The minimum Gasteiger partial charge on any atom is -0.456 e. The van der Waals surface area contributed by atoms with Crippen LogP contribution in [0, 0.1) is 0 Å². The van der Waals surface area contributed by atoms with Gasteiger partial charge >= 0.3 is 0 Å². The molecule has 3 heterocycles. The molecule has 2 N–H and O–H groups in total. The van der Waals surface area contributed by atoms with E-state index in [1.807, 2.05) is 37.3 Å². The largest absolute Gasteiger partial charge is 0.456 e. The molecule has 4 heteroatoms. The average molecular weight is 748 g/mol. The van der Waals surface area contributed by atoms with Crippen LogP contribution in [0.2, 0.25) is 0 Å². The van der Waals surface area contributed by atoms with E-state index in [-0.39, 0.29) is 6.04 Å². The highest BCUT2D eigenvalue weighted by atomic mass is 16.3. The topological polar surface area (TPSA) is 49.0 Å². The third kappa shape index (κ3) is 5.48. The summed E-state index contributed by atoms with van der Waals surface area (Å²) < 4.78 is 11.1. The van der Waals surface area contributed by atoms with Gasteiger partial charge in [0.25, 0.3) is 0 Å². The number of fused-ring (bicyclic) bond motifs is 10. The first kappa shape index (κ1) is 34.1. The predicted molar refractivity (Wildman–Crippen MR) is 245 cm³/mol. The molecule has 3 aromatic heterocycles. The molecule has 1 unspecified atom stereocenters. The lowest BCUT2D eigenvalue weighted by atomic mass is 9.95. The summed E-state index contributed by atoms with van der Waals surface area (Å²) in [6.45, 7) is 2.02. The lowest BCUT2D eigenvalue weighted by Crippen LogP contribution is -2.09. The first-order valence-corrected chi connectivity index (χ1v) is 20.2. The van der Waals surface area contributed by atoms with Crippen LogP contribution in [0.5, 0.6) is 0 Å². The number of rotatable bonds is 7. The molecular weight excluding hydrogens is 707 g/mol. The van der Waals surface area contributed by atoms with Crippen molar-refractivity contribution in [2.75, 3.05) is 0 Å². The summed E-state index contributed by atoms with van der Waals surface area (Å²) in [5, 5.41) is 7.24. The van der Waals surface area contributed by atoms with Crippen LogP contribution >= 0.6 is 0 Å². The standard InChI is InChI=1S/C54H41N3O/c1-2-3-5-19-46(55)39-31-38(35-14-6-4-7-15-35)32-41(33-39)57-48-21-12-9-18-45(48)54-50(57)30-29-49-53(54)44-17-8-11-20-47(44)56(49)40-26-23-36(24-27-40)37-25-28-43-42-16-10-13-22-51(42)58-52(43)34-37/h2-3,5-6,8-34,46H,4,7,55H2,1H3/b3-2-,19-5-. The molecular formula is C54H41N3O. The molecule has 4 nitrogen and oxygen atoms in total. The van der Waals surface area contributed by atoms with E-state index in [0.717, 1.165) is 62.8 Å². The molecule has 10 aromatic rings. The Balaban J connectivity index is 1.09. The molecule has 0 spiro atoms. The molecule has 0 fully saturated rings. The van der Waals surface area contributed by atoms with Crippen molar-refractivity contribution in [1.29, 1.82) is 0 Å². The number of hydrogen-bond donors (Lipinski definition) is 1. The number of aromatic nitrogens is 2.